The van der Waals surface area contributed by atoms with E-state index in [0.717, 1.165) is 27.9 Å². The van der Waals surface area contributed by atoms with Gasteiger partial charge in [0.2, 0.25) is 10.0 Å². The minimum Gasteiger partial charge on any atom is -0.384 e. The normalized spacial score (nSPS) is 14.0. The van der Waals surface area contributed by atoms with E-state index in [1.54, 1.807) is 12.1 Å². The number of nitrogens with one attached hydrogen (secondary N) is 2. The van der Waals surface area contributed by atoms with Crippen molar-refractivity contribution in [2.45, 2.75) is 17.7 Å². The van der Waals surface area contributed by atoms with Gasteiger partial charge in [-0.1, -0.05) is 17.7 Å². The molecule has 1 aliphatic heterocycles. The van der Waals surface area contributed by atoms with E-state index in [9.17, 15) is 8.42 Å². The lowest BCUT2D eigenvalue weighted by atomic mass is 10.2. The molecule has 21 heavy (non-hydrogen) atoms. The van der Waals surface area contributed by atoms with Crippen LogP contribution in [0.2, 0.25) is 4.34 Å². The number of benzene rings is 1. The van der Waals surface area contributed by atoms with E-state index in [0.29, 0.717) is 17.9 Å². The Morgan fingerprint density at radius 2 is 2.14 bits per heavy atom. The number of halogens is 1. The minimum absolute atomic E-state index is 0.305. The third-order valence-electron chi connectivity index (χ3n) is 3.39. The van der Waals surface area contributed by atoms with E-state index in [1.165, 1.54) is 16.9 Å². The van der Waals surface area contributed by atoms with E-state index in [1.807, 2.05) is 18.2 Å². The molecule has 1 aliphatic rings. The molecule has 2 aromatic rings. The molecule has 0 aliphatic carbocycles. The summed E-state index contributed by atoms with van der Waals surface area (Å²) >= 11 is 7.32. The van der Waals surface area contributed by atoms with Gasteiger partial charge in [-0.3, -0.25) is 0 Å². The smallest absolute Gasteiger partial charge is 0.240 e. The molecule has 0 saturated heterocycles. The first-order chi connectivity index (χ1) is 10.0. The van der Waals surface area contributed by atoms with Gasteiger partial charge in [0, 0.05) is 23.7 Å². The summed E-state index contributed by atoms with van der Waals surface area (Å²) in [5, 5.41) is 3.19. The van der Waals surface area contributed by atoms with Crippen molar-refractivity contribution in [2.75, 3.05) is 18.4 Å². The molecule has 2 heterocycles. The summed E-state index contributed by atoms with van der Waals surface area (Å²) in [5.41, 5.74) is 2.09. The molecule has 0 radical (unpaired) electrons. The van der Waals surface area contributed by atoms with Crippen LogP contribution in [0.4, 0.5) is 5.69 Å². The Morgan fingerprint density at radius 3 is 2.90 bits per heavy atom. The zero-order valence-corrected chi connectivity index (χ0v) is 13.6. The van der Waals surface area contributed by atoms with Gasteiger partial charge in [0.05, 0.1) is 9.23 Å². The average Bonchev–Trinajstić information content (AvgIpc) is 3.06. The second-order valence-electron chi connectivity index (χ2n) is 4.85. The van der Waals surface area contributed by atoms with Gasteiger partial charge in [0.1, 0.15) is 0 Å². The van der Waals surface area contributed by atoms with Crippen LogP contribution in [0.1, 0.15) is 10.4 Å². The Balaban J connectivity index is 1.66. The number of sulfonamides is 1. The van der Waals surface area contributed by atoms with Crippen molar-refractivity contribution in [3.63, 3.8) is 0 Å². The summed E-state index contributed by atoms with van der Waals surface area (Å²) in [6, 6.07) is 8.98. The molecule has 1 aromatic heterocycles. The van der Waals surface area contributed by atoms with Crippen molar-refractivity contribution in [3.05, 3.63) is 45.1 Å². The molecule has 112 valence electrons. The molecule has 0 unspecified atom stereocenters. The number of hydrogen-bond donors (Lipinski definition) is 2. The van der Waals surface area contributed by atoms with E-state index < -0.39 is 10.0 Å². The van der Waals surface area contributed by atoms with E-state index >= 15 is 0 Å². The van der Waals surface area contributed by atoms with Crippen LogP contribution >= 0.6 is 22.9 Å². The van der Waals surface area contributed by atoms with Crippen LogP contribution in [0.25, 0.3) is 0 Å². The average molecular weight is 343 g/mol. The molecule has 0 atom stereocenters. The Hall–Kier alpha value is -1.08. The SMILES string of the molecule is O=S(=O)(NCCc1ccc(Cl)s1)c1ccc2c(c1)NCC2. The highest BCUT2D eigenvalue weighted by Gasteiger charge is 2.17. The number of thiophene rings is 1. The molecule has 0 spiro atoms. The van der Waals surface area contributed by atoms with E-state index in [-0.39, 0.29) is 0 Å². The fourth-order valence-corrected chi connectivity index (χ4v) is 4.46. The third-order valence-corrected chi connectivity index (χ3v) is 6.14. The summed E-state index contributed by atoms with van der Waals surface area (Å²) in [6.45, 7) is 1.23. The van der Waals surface area contributed by atoms with Crippen molar-refractivity contribution in [1.82, 2.24) is 4.72 Å². The van der Waals surface area contributed by atoms with E-state index in [2.05, 4.69) is 10.0 Å². The highest BCUT2D eigenvalue weighted by molar-refractivity contribution is 7.89. The quantitative estimate of drug-likeness (QED) is 0.878. The Bertz CT molecular complexity index is 756. The molecular weight excluding hydrogens is 328 g/mol. The van der Waals surface area contributed by atoms with Crippen molar-refractivity contribution in [2.24, 2.45) is 0 Å². The van der Waals surface area contributed by atoms with Gasteiger partial charge in [0.25, 0.3) is 0 Å². The maximum Gasteiger partial charge on any atom is 0.240 e. The van der Waals surface area contributed by atoms with Gasteiger partial charge in [-0.05, 0) is 42.7 Å². The van der Waals surface area contributed by atoms with Crippen molar-refractivity contribution >= 4 is 38.6 Å². The Kier molecular flexibility index (Phi) is 4.21. The lowest BCUT2D eigenvalue weighted by molar-refractivity contribution is 0.582. The summed E-state index contributed by atoms with van der Waals surface area (Å²) < 4.78 is 27.9. The fourth-order valence-electron chi connectivity index (χ4n) is 2.32. The van der Waals surface area contributed by atoms with Gasteiger partial charge in [-0.15, -0.1) is 11.3 Å². The lowest BCUT2D eigenvalue weighted by Gasteiger charge is -2.08. The summed E-state index contributed by atoms with van der Waals surface area (Å²) in [6.07, 6.45) is 1.59. The molecule has 7 heteroatoms. The van der Waals surface area contributed by atoms with Gasteiger partial charge >= 0.3 is 0 Å². The Morgan fingerprint density at radius 1 is 1.29 bits per heavy atom. The standard InChI is InChI=1S/C14H15ClN2O2S2/c15-14-4-2-11(20-14)6-8-17-21(18,19)12-3-1-10-5-7-16-13(10)9-12/h1-4,9,16-17H,5-8H2. The van der Waals surface area contributed by atoms with Crippen molar-refractivity contribution in [3.8, 4) is 0 Å². The first kappa shape index (κ1) is 14.8. The summed E-state index contributed by atoms with van der Waals surface area (Å²) in [7, 11) is -3.46. The molecule has 0 fully saturated rings. The van der Waals surface area contributed by atoms with Gasteiger partial charge in [0.15, 0.2) is 0 Å². The monoisotopic (exact) mass is 342 g/mol. The summed E-state index contributed by atoms with van der Waals surface area (Å²) in [4.78, 5) is 1.37. The van der Waals surface area contributed by atoms with Crippen LogP contribution in [0.15, 0.2) is 35.2 Å². The molecule has 0 amide bonds. The predicted molar refractivity (Wildman–Crippen MR) is 86.9 cm³/mol. The van der Waals surface area contributed by atoms with Gasteiger partial charge in [-0.2, -0.15) is 0 Å². The van der Waals surface area contributed by atoms with Crippen molar-refractivity contribution < 1.29 is 8.42 Å². The fraction of sp³-hybridized carbons (Fsp3) is 0.286. The van der Waals surface area contributed by atoms with Gasteiger partial charge < -0.3 is 5.32 Å². The van der Waals surface area contributed by atoms with Crippen LogP contribution in [0.5, 0.6) is 0 Å². The molecule has 3 rings (SSSR count). The number of fused-ring (bicyclic) bond motifs is 1. The molecule has 4 nitrogen and oxygen atoms in total. The topological polar surface area (TPSA) is 58.2 Å². The van der Waals surface area contributed by atoms with Crippen molar-refractivity contribution in [1.29, 1.82) is 0 Å². The molecule has 0 bridgehead atoms. The van der Waals surface area contributed by atoms with E-state index in [4.69, 9.17) is 11.6 Å². The lowest BCUT2D eigenvalue weighted by Crippen LogP contribution is -2.25. The number of rotatable bonds is 5. The largest absolute Gasteiger partial charge is 0.384 e. The predicted octanol–water partition coefficient (Wildman–Crippen LogP) is 2.89. The highest BCUT2D eigenvalue weighted by Crippen LogP contribution is 2.25. The van der Waals surface area contributed by atoms with Crippen LogP contribution in [0.3, 0.4) is 0 Å². The molecule has 2 N–H and O–H groups in total. The van der Waals surface area contributed by atoms with Crippen LogP contribution < -0.4 is 10.0 Å². The maximum atomic E-state index is 12.3. The zero-order valence-electron chi connectivity index (χ0n) is 11.2. The minimum atomic E-state index is -3.46. The molecular formula is C14H15ClN2O2S2. The van der Waals surface area contributed by atoms with Gasteiger partial charge in [-0.25, -0.2) is 13.1 Å². The molecule has 0 saturated carbocycles. The second-order valence-corrected chi connectivity index (χ2v) is 8.42. The van der Waals surface area contributed by atoms with Crippen LogP contribution in [0, 0.1) is 0 Å². The van der Waals surface area contributed by atoms with Crippen LogP contribution in [-0.2, 0) is 22.9 Å². The second kappa shape index (κ2) is 5.96. The first-order valence-electron chi connectivity index (χ1n) is 6.65. The maximum absolute atomic E-state index is 12.3. The van der Waals surface area contributed by atoms with Crippen LogP contribution in [-0.4, -0.2) is 21.5 Å². The number of hydrogen-bond acceptors (Lipinski definition) is 4. The third kappa shape index (κ3) is 3.40. The first-order valence-corrected chi connectivity index (χ1v) is 9.33. The number of anilines is 1. The zero-order chi connectivity index (χ0) is 14.9. The summed E-state index contributed by atoms with van der Waals surface area (Å²) in [5.74, 6) is 0. The Labute approximate surface area is 133 Å². The highest BCUT2D eigenvalue weighted by atomic mass is 35.5. The molecule has 1 aromatic carbocycles.